The van der Waals surface area contributed by atoms with Crippen LogP contribution in [0, 0.1) is 12.3 Å². The first-order valence-electron chi connectivity index (χ1n) is 8.45. The molecule has 0 atom stereocenters. The van der Waals surface area contributed by atoms with Crippen LogP contribution in [-0.4, -0.2) is 35.5 Å². The van der Waals surface area contributed by atoms with Crippen LogP contribution in [0.3, 0.4) is 0 Å². The zero-order chi connectivity index (χ0) is 18.0. The van der Waals surface area contributed by atoms with Gasteiger partial charge >= 0.3 is 0 Å². The van der Waals surface area contributed by atoms with Crippen LogP contribution < -0.4 is 10.1 Å². The van der Waals surface area contributed by atoms with Crippen molar-refractivity contribution in [1.29, 1.82) is 5.41 Å². The summed E-state index contributed by atoms with van der Waals surface area (Å²) in [7, 11) is 1.88. The van der Waals surface area contributed by atoms with E-state index in [1.807, 2.05) is 31.9 Å². The molecule has 0 spiro atoms. The molecule has 6 heteroatoms. The quantitative estimate of drug-likeness (QED) is 0.599. The number of ether oxygens (including phenoxy) is 1. The zero-order valence-electron chi connectivity index (χ0n) is 14.8. The van der Waals surface area contributed by atoms with E-state index in [9.17, 15) is 0 Å². The van der Waals surface area contributed by atoms with Crippen LogP contribution in [0.1, 0.15) is 23.7 Å². The van der Waals surface area contributed by atoms with Crippen LogP contribution in [0.15, 0.2) is 34.8 Å². The highest BCUT2D eigenvalue weighted by Gasteiger charge is 2.24. The van der Waals surface area contributed by atoms with Crippen molar-refractivity contribution in [3.63, 3.8) is 0 Å². The number of anilines is 1. The normalized spacial score (nSPS) is 13.4. The Morgan fingerprint density at radius 3 is 2.60 bits per heavy atom. The molecule has 1 heterocycles. The Morgan fingerprint density at radius 1 is 1.36 bits per heavy atom. The molecular formula is C19H23BrN4O. The third-order valence-electron chi connectivity index (χ3n) is 4.54. The maximum absolute atomic E-state index is 8.05. The van der Waals surface area contributed by atoms with E-state index in [1.54, 1.807) is 0 Å². The highest BCUT2D eigenvalue weighted by molar-refractivity contribution is 9.10. The molecule has 5 nitrogen and oxygen atoms in total. The van der Waals surface area contributed by atoms with Gasteiger partial charge in [0.25, 0.3) is 0 Å². The average molecular weight is 403 g/mol. The number of rotatable bonds is 4. The van der Waals surface area contributed by atoms with Crippen LogP contribution >= 0.6 is 15.9 Å². The molecule has 0 amide bonds. The van der Waals surface area contributed by atoms with Crippen LogP contribution in [0.4, 0.5) is 5.69 Å². The Morgan fingerprint density at radius 2 is 2.00 bits per heavy atom. The number of hydrogen-bond acceptors (Lipinski definition) is 3. The summed E-state index contributed by atoms with van der Waals surface area (Å²) >= 11 is 3.56. The van der Waals surface area contributed by atoms with Crippen LogP contribution in [0.25, 0.3) is 0 Å². The smallest absolute Gasteiger partial charge is 0.228 e. The Hall–Kier alpha value is -2.08. The Labute approximate surface area is 157 Å². The predicted molar refractivity (Wildman–Crippen MR) is 105 cm³/mol. The van der Waals surface area contributed by atoms with Gasteiger partial charge in [-0.05, 0) is 47.0 Å². The maximum Gasteiger partial charge on any atom is 0.228 e. The molecule has 0 saturated carbocycles. The molecule has 0 unspecified atom stereocenters. The number of aryl methyl sites for hydroxylation is 1. The van der Waals surface area contributed by atoms with E-state index < -0.39 is 0 Å². The molecule has 132 valence electrons. The first-order valence-corrected chi connectivity index (χ1v) is 9.24. The lowest BCUT2D eigenvalue weighted by Crippen LogP contribution is -2.32. The minimum absolute atomic E-state index is 0.115. The van der Waals surface area contributed by atoms with E-state index in [4.69, 9.17) is 10.1 Å². The van der Waals surface area contributed by atoms with Gasteiger partial charge in [-0.3, -0.25) is 5.41 Å². The van der Waals surface area contributed by atoms with Gasteiger partial charge in [0.1, 0.15) is 6.10 Å². The summed E-state index contributed by atoms with van der Waals surface area (Å²) < 4.78 is 6.94. The number of guanidine groups is 1. The van der Waals surface area contributed by atoms with E-state index in [2.05, 4.69) is 50.5 Å². The van der Waals surface area contributed by atoms with E-state index >= 15 is 0 Å². The van der Waals surface area contributed by atoms with Gasteiger partial charge in [0.2, 0.25) is 5.88 Å². The molecule has 0 radical (unpaired) electrons. The molecule has 0 aliphatic heterocycles. The van der Waals surface area contributed by atoms with Gasteiger partial charge in [0.15, 0.2) is 5.96 Å². The topological polar surface area (TPSA) is 61.2 Å². The molecule has 2 aromatic rings. The van der Waals surface area contributed by atoms with Crippen molar-refractivity contribution in [2.24, 2.45) is 0 Å². The first kappa shape index (κ1) is 17.7. The summed E-state index contributed by atoms with van der Waals surface area (Å²) in [6, 6.07) is 10.4. The van der Waals surface area contributed by atoms with Crippen molar-refractivity contribution in [3.05, 3.63) is 51.6 Å². The highest BCUT2D eigenvalue weighted by Crippen LogP contribution is 2.31. The molecule has 0 saturated heterocycles. The average Bonchev–Trinajstić information content (AvgIpc) is 3.00. The van der Waals surface area contributed by atoms with Crippen LogP contribution in [0.5, 0.6) is 5.88 Å². The number of pyridine rings is 1. The van der Waals surface area contributed by atoms with Crippen molar-refractivity contribution >= 4 is 27.6 Å². The third-order valence-corrected chi connectivity index (χ3v) is 5.10. The summed E-state index contributed by atoms with van der Waals surface area (Å²) in [6.45, 7) is 4.70. The lowest BCUT2D eigenvalue weighted by atomic mass is 10.1. The number of halogens is 1. The molecule has 1 aliphatic carbocycles. The number of aromatic nitrogens is 1. The SMILES string of the molecule is CCN(C)C(=N)Nc1cc(Br)c(OC2Cc3ccccc3C2)nc1C. The molecular weight excluding hydrogens is 380 g/mol. The fourth-order valence-electron chi connectivity index (χ4n) is 2.91. The molecule has 25 heavy (non-hydrogen) atoms. The van der Waals surface area contributed by atoms with Crippen molar-refractivity contribution in [1.82, 2.24) is 9.88 Å². The highest BCUT2D eigenvalue weighted by atomic mass is 79.9. The minimum atomic E-state index is 0.115. The molecule has 3 rings (SSSR count). The summed E-state index contributed by atoms with van der Waals surface area (Å²) in [6.07, 6.45) is 1.94. The fourth-order valence-corrected chi connectivity index (χ4v) is 3.32. The fraction of sp³-hybridized carbons (Fsp3) is 0.368. The van der Waals surface area contributed by atoms with Crippen molar-refractivity contribution in [3.8, 4) is 5.88 Å². The molecule has 2 N–H and O–H groups in total. The summed E-state index contributed by atoms with van der Waals surface area (Å²) in [4.78, 5) is 6.42. The van der Waals surface area contributed by atoms with Crippen molar-refractivity contribution in [2.45, 2.75) is 32.8 Å². The lowest BCUT2D eigenvalue weighted by molar-refractivity contribution is 0.203. The largest absolute Gasteiger partial charge is 0.473 e. The van der Waals surface area contributed by atoms with E-state index in [1.165, 1.54) is 11.1 Å². The second-order valence-corrected chi connectivity index (χ2v) is 7.17. The van der Waals surface area contributed by atoms with E-state index in [0.717, 1.165) is 35.2 Å². The predicted octanol–water partition coefficient (Wildman–Crippen LogP) is 4.00. The van der Waals surface area contributed by atoms with Gasteiger partial charge in [0, 0.05) is 26.4 Å². The van der Waals surface area contributed by atoms with E-state index in [-0.39, 0.29) is 6.10 Å². The van der Waals surface area contributed by atoms with Gasteiger partial charge < -0.3 is 15.0 Å². The monoisotopic (exact) mass is 402 g/mol. The minimum Gasteiger partial charge on any atom is -0.473 e. The molecule has 0 bridgehead atoms. The number of nitrogens with one attached hydrogen (secondary N) is 2. The number of benzene rings is 1. The van der Waals surface area contributed by atoms with Gasteiger partial charge in [-0.1, -0.05) is 24.3 Å². The molecule has 1 aromatic heterocycles. The van der Waals surface area contributed by atoms with Crippen molar-refractivity contribution < 1.29 is 4.74 Å². The summed E-state index contributed by atoms with van der Waals surface area (Å²) in [5.74, 6) is 0.954. The second kappa shape index (κ2) is 7.44. The molecule has 1 aromatic carbocycles. The van der Waals surface area contributed by atoms with Gasteiger partial charge in [0.05, 0.1) is 15.9 Å². The number of hydrogen-bond donors (Lipinski definition) is 2. The lowest BCUT2D eigenvalue weighted by Gasteiger charge is -2.20. The Balaban J connectivity index is 1.72. The van der Waals surface area contributed by atoms with Gasteiger partial charge in [-0.2, -0.15) is 0 Å². The molecule has 0 fully saturated rings. The Bertz CT molecular complexity index is 768. The van der Waals surface area contributed by atoms with E-state index in [0.29, 0.717) is 11.8 Å². The first-order chi connectivity index (χ1) is 12.0. The Kier molecular flexibility index (Phi) is 5.27. The number of nitrogens with zero attached hydrogens (tertiary/aromatic N) is 2. The zero-order valence-corrected chi connectivity index (χ0v) is 16.4. The number of fused-ring (bicyclic) bond motifs is 1. The van der Waals surface area contributed by atoms with Crippen molar-refractivity contribution in [2.75, 3.05) is 18.9 Å². The van der Waals surface area contributed by atoms with Crippen LogP contribution in [-0.2, 0) is 12.8 Å². The summed E-state index contributed by atoms with van der Waals surface area (Å²) in [5, 5.41) is 11.1. The van der Waals surface area contributed by atoms with Crippen LogP contribution in [0.2, 0.25) is 0 Å². The van der Waals surface area contributed by atoms with Gasteiger partial charge in [-0.15, -0.1) is 0 Å². The third kappa shape index (κ3) is 3.95. The summed E-state index contributed by atoms with van der Waals surface area (Å²) in [5.41, 5.74) is 4.33. The second-order valence-electron chi connectivity index (χ2n) is 6.31. The maximum atomic E-state index is 8.05. The molecule has 1 aliphatic rings. The van der Waals surface area contributed by atoms with Gasteiger partial charge in [-0.25, -0.2) is 4.98 Å². The standard InChI is InChI=1S/C19H23BrN4O/c1-4-24(3)19(21)23-17-11-16(20)18(22-12(17)2)25-15-9-13-7-5-6-8-14(13)10-15/h5-8,11,15H,4,9-10H2,1-3H3,(H2,21,23).